The molecule has 0 saturated heterocycles. The van der Waals surface area contributed by atoms with E-state index in [9.17, 15) is 17.6 Å². The van der Waals surface area contributed by atoms with Crippen LogP contribution in [0.25, 0.3) is 0 Å². The van der Waals surface area contributed by atoms with Gasteiger partial charge in [0.25, 0.3) is 0 Å². The molecule has 1 aromatic rings. The van der Waals surface area contributed by atoms with E-state index in [1.54, 1.807) is 0 Å². The zero-order valence-electron chi connectivity index (χ0n) is 7.23. The molecular formula is C8H6F4N2S. The zero-order chi connectivity index (χ0) is 11.6. The Morgan fingerprint density at radius 1 is 1.33 bits per heavy atom. The van der Waals surface area contributed by atoms with Gasteiger partial charge < -0.3 is 11.1 Å². The summed E-state index contributed by atoms with van der Waals surface area (Å²) in [5, 5.41) is 1.82. The quantitative estimate of drug-likeness (QED) is 0.583. The largest absolute Gasteiger partial charge is 0.418 e. The van der Waals surface area contributed by atoms with Gasteiger partial charge >= 0.3 is 6.18 Å². The van der Waals surface area contributed by atoms with Crippen molar-refractivity contribution in [3.8, 4) is 0 Å². The van der Waals surface area contributed by atoms with Gasteiger partial charge in [-0.25, -0.2) is 4.39 Å². The zero-order valence-corrected chi connectivity index (χ0v) is 8.05. The van der Waals surface area contributed by atoms with Gasteiger partial charge in [0.15, 0.2) is 5.11 Å². The first kappa shape index (κ1) is 11.7. The molecule has 1 rings (SSSR count). The molecule has 7 heteroatoms. The van der Waals surface area contributed by atoms with Crippen LogP contribution in [0.15, 0.2) is 18.2 Å². The van der Waals surface area contributed by atoms with Gasteiger partial charge in [-0.05, 0) is 30.4 Å². The molecule has 1 aromatic carbocycles. The van der Waals surface area contributed by atoms with E-state index >= 15 is 0 Å². The Hall–Kier alpha value is -1.37. The van der Waals surface area contributed by atoms with E-state index in [0.717, 1.165) is 12.1 Å². The van der Waals surface area contributed by atoms with Gasteiger partial charge in [-0.3, -0.25) is 0 Å². The van der Waals surface area contributed by atoms with Crippen LogP contribution >= 0.6 is 12.2 Å². The second-order valence-electron chi connectivity index (χ2n) is 2.68. The van der Waals surface area contributed by atoms with Crippen LogP contribution in [0.1, 0.15) is 5.56 Å². The summed E-state index contributed by atoms with van der Waals surface area (Å²) < 4.78 is 49.8. The van der Waals surface area contributed by atoms with Gasteiger partial charge in [0.05, 0.1) is 11.3 Å². The molecule has 0 saturated carbocycles. The summed E-state index contributed by atoms with van der Waals surface area (Å²) in [4.78, 5) is 0. The van der Waals surface area contributed by atoms with Crippen LogP contribution in [0.5, 0.6) is 0 Å². The minimum atomic E-state index is -4.66. The average molecular weight is 238 g/mol. The van der Waals surface area contributed by atoms with E-state index in [4.69, 9.17) is 5.73 Å². The fourth-order valence-electron chi connectivity index (χ4n) is 0.993. The second kappa shape index (κ2) is 4.01. The van der Waals surface area contributed by atoms with Crippen LogP contribution in [-0.2, 0) is 6.18 Å². The molecule has 0 amide bonds. The fraction of sp³-hybridized carbons (Fsp3) is 0.125. The molecule has 0 bridgehead atoms. The lowest BCUT2D eigenvalue weighted by molar-refractivity contribution is -0.137. The Bertz CT molecular complexity index is 389. The number of anilines is 1. The number of nitrogens with one attached hydrogen (secondary N) is 1. The predicted octanol–water partition coefficient (Wildman–Crippen LogP) is 2.50. The number of halogens is 4. The molecule has 0 fully saturated rings. The minimum absolute atomic E-state index is 0.313. The highest BCUT2D eigenvalue weighted by atomic mass is 32.1. The number of alkyl halides is 3. The van der Waals surface area contributed by atoms with Crippen molar-refractivity contribution in [3.05, 3.63) is 29.6 Å². The lowest BCUT2D eigenvalue weighted by Crippen LogP contribution is -2.21. The van der Waals surface area contributed by atoms with E-state index < -0.39 is 17.6 Å². The van der Waals surface area contributed by atoms with Crippen LogP contribution in [0.4, 0.5) is 23.2 Å². The molecule has 0 atom stereocenters. The fourth-order valence-corrected chi connectivity index (χ4v) is 1.10. The number of nitrogens with two attached hydrogens (primary N) is 1. The maximum atomic E-state index is 12.6. The molecule has 3 N–H and O–H groups in total. The molecule has 2 nitrogen and oxygen atoms in total. The molecule has 0 heterocycles. The van der Waals surface area contributed by atoms with Crippen molar-refractivity contribution in [3.63, 3.8) is 0 Å². The number of rotatable bonds is 1. The van der Waals surface area contributed by atoms with E-state index in [1.165, 1.54) is 0 Å². The van der Waals surface area contributed by atoms with Crippen molar-refractivity contribution < 1.29 is 17.6 Å². The first-order chi connectivity index (χ1) is 6.80. The first-order valence-electron chi connectivity index (χ1n) is 3.74. The number of thiocarbonyl (C=S) groups is 1. The highest BCUT2D eigenvalue weighted by Crippen LogP contribution is 2.35. The normalized spacial score (nSPS) is 11.2. The summed E-state index contributed by atoms with van der Waals surface area (Å²) in [5.41, 5.74) is 3.53. The molecule has 0 aliphatic carbocycles. The number of hydrogen-bond acceptors (Lipinski definition) is 1. The van der Waals surface area contributed by atoms with Crippen LogP contribution in [0.2, 0.25) is 0 Å². The molecule has 0 spiro atoms. The van der Waals surface area contributed by atoms with Gasteiger partial charge in [-0.2, -0.15) is 13.2 Å². The number of benzene rings is 1. The third-order valence-corrected chi connectivity index (χ3v) is 1.65. The SMILES string of the molecule is NC(=S)Nc1ccc(F)cc1C(F)(F)F. The van der Waals surface area contributed by atoms with Crippen molar-refractivity contribution in [2.45, 2.75) is 6.18 Å². The smallest absolute Gasteiger partial charge is 0.376 e. The molecule has 82 valence electrons. The van der Waals surface area contributed by atoms with Crippen LogP contribution in [0.3, 0.4) is 0 Å². The standard InChI is InChI=1S/C8H6F4N2S/c9-4-1-2-6(14-7(13)15)5(3-4)8(10,11)12/h1-3H,(H3,13,14,15). The van der Waals surface area contributed by atoms with Gasteiger partial charge in [0.1, 0.15) is 5.82 Å². The van der Waals surface area contributed by atoms with E-state index in [0.29, 0.717) is 6.07 Å². The average Bonchev–Trinajstić information content (AvgIpc) is 2.05. The van der Waals surface area contributed by atoms with E-state index in [1.807, 2.05) is 0 Å². The predicted molar refractivity (Wildman–Crippen MR) is 51.8 cm³/mol. The monoisotopic (exact) mass is 238 g/mol. The lowest BCUT2D eigenvalue weighted by Gasteiger charge is -2.13. The Morgan fingerprint density at radius 3 is 2.40 bits per heavy atom. The van der Waals surface area contributed by atoms with E-state index in [2.05, 4.69) is 17.5 Å². The summed E-state index contributed by atoms with van der Waals surface area (Å²) >= 11 is 4.40. The van der Waals surface area contributed by atoms with Crippen LogP contribution in [0, 0.1) is 5.82 Å². The third-order valence-electron chi connectivity index (χ3n) is 1.54. The molecule has 0 aliphatic heterocycles. The topological polar surface area (TPSA) is 38.0 Å². The van der Waals surface area contributed by atoms with E-state index in [-0.39, 0.29) is 10.8 Å². The van der Waals surface area contributed by atoms with Crippen LogP contribution in [-0.4, -0.2) is 5.11 Å². The Balaban J connectivity index is 3.20. The lowest BCUT2D eigenvalue weighted by atomic mass is 10.1. The van der Waals surface area contributed by atoms with Crippen molar-refractivity contribution in [2.24, 2.45) is 5.73 Å². The van der Waals surface area contributed by atoms with Crippen molar-refractivity contribution in [1.82, 2.24) is 0 Å². The summed E-state index contributed by atoms with van der Waals surface area (Å²) in [6, 6.07) is 2.19. The van der Waals surface area contributed by atoms with Gasteiger partial charge in [-0.15, -0.1) is 0 Å². The minimum Gasteiger partial charge on any atom is -0.376 e. The highest BCUT2D eigenvalue weighted by molar-refractivity contribution is 7.80. The molecule has 15 heavy (non-hydrogen) atoms. The molecule has 0 unspecified atom stereocenters. The van der Waals surface area contributed by atoms with Gasteiger partial charge in [0, 0.05) is 0 Å². The van der Waals surface area contributed by atoms with Gasteiger partial charge in [0.2, 0.25) is 0 Å². The van der Waals surface area contributed by atoms with Crippen molar-refractivity contribution in [1.29, 1.82) is 0 Å². The summed E-state index contributed by atoms with van der Waals surface area (Å²) in [6.45, 7) is 0. The summed E-state index contributed by atoms with van der Waals surface area (Å²) in [6.07, 6.45) is -4.66. The summed E-state index contributed by atoms with van der Waals surface area (Å²) in [7, 11) is 0. The Kier molecular flexibility index (Phi) is 3.13. The van der Waals surface area contributed by atoms with Crippen molar-refractivity contribution >= 4 is 23.0 Å². The Labute approximate surface area is 88.1 Å². The second-order valence-corrected chi connectivity index (χ2v) is 3.12. The first-order valence-corrected chi connectivity index (χ1v) is 4.15. The highest BCUT2D eigenvalue weighted by Gasteiger charge is 2.34. The molecule has 0 aromatic heterocycles. The molecule has 0 radical (unpaired) electrons. The molecule has 0 aliphatic rings. The summed E-state index contributed by atoms with van der Waals surface area (Å²) in [5.74, 6) is -0.976. The van der Waals surface area contributed by atoms with Crippen molar-refractivity contribution in [2.75, 3.05) is 5.32 Å². The maximum absolute atomic E-state index is 12.6. The Morgan fingerprint density at radius 2 is 1.93 bits per heavy atom. The number of hydrogen-bond donors (Lipinski definition) is 2. The molecular weight excluding hydrogens is 232 g/mol. The third kappa shape index (κ3) is 3.05. The van der Waals surface area contributed by atoms with Crippen LogP contribution < -0.4 is 11.1 Å². The maximum Gasteiger partial charge on any atom is 0.418 e. The van der Waals surface area contributed by atoms with Gasteiger partial charge in [-0.1, -0.05) is 0 Å².